The number of nitrogens with zero attached hydrogens (tertiary/aromatic N) is 2. The predicted molar refractivity (Wildman–Crippen MR) is 73.6 cm³/mol. The highest BCUT2D eigenvalue weighted by atomic mass is 16.5. The summed E-state index contributed by atoms with van der Waals surface area (Å²) in [4.78, 5) is 27.6. The van der Waals surface area contributed by atoms with Gasteiger partial charge in [0.05, 0.1) is 12.5 Å². The van der Waals surface area contributed by atoms with Crippen LogP contribution in [-0.4, -0.2) is 61.5 Å². The molecule has 0 bridgehead atoms. The second kappa shape index (κ2) is 7.28. The maximum atomic E-state index is 12.4. The van der Waals surface area contributed by atoms with E-state index in [9.17, 15) is 9.59 Å². The summed E-state index contributed by atoms with van der Waals surface area (Å²) in [6.07, 6.45) is 0.315. The molecule has 1 unspecified atom stereocenters. The smallest absolute Gasteiger partial charge is 0.228 e. The van der Waals surface area contributed by atoms with Gasteiger partial charge >= 0.3 is 0 Å². The van der Waals surface area contributed by atoms with Crippen LogP contribution in [0.25, 0.3) is 0 Å². The molecule has 1 saturated heterocycles. The van der Waals surface area contributed by atoms with Gasteiger partial charge in [-0.15, -0.1) is 0 Å². The molecule has 19 heavy (non-hydrogen) atoms. The number of methoxy groups -OCH3 is 1. The molecule has 0 N–H and O–H groups in total. The number of carbonyl (C=O) groups excluding carboxylic acids is 2. The van der Waals surface area contributed by atoms with Crippen LogP contribution in [0.4, 0.5) is 0 Å². The van der Waals surface area contributed by atoms with Crippen LogP contribution < -0.4 is 0 Å². The van der Waals surface area contributed by atoms with E-state index < -0.39 is 0 Å². The largest absolute Gasteiger partial charge is 0.383 e. The summed E-state index contributed by atoms with van der Waals surface area (Å²) in [5, 5.41) is 0. The summed E-state index contributed by atoms with van der Waals surface area (Å²) in [6, 6.07) is 0. The number of ether oxygens (including phenoxy) is 1. The summed E-state index contributed by atoms with van der Waals surface area (Å²) in [5.74, 6) is -0.121. The highest BCUT2D eigenvalue weighted by Crippen LogP contribution is 2.20. The van der Waals surface area contributed by atoms with Gasteiger partial charge in [0, 0.05) is 39.7 Å². The summed E-state index contributed by atoms with van der Waals surface area (Å²) in [7, 11) is 1.61. The SMILES string of the molecule is C=C(C)CN(CC)C(=O)C1CC(=O)N(CCOC)C1. The molecule has 0 saturated carbocycles. The van der Waals surface area contributed by atoms with E-state index >= 15 is 0 Å². The first-order valence-electron chi connectivity index (χ1n) is 6.69. The van der Waals surface area contributed by atoms with Gasteiger partial charge in [0.2, 0.25) is 11.8 Å². The van der Waals surface area contributed by atoms with Gasteiger partial charge in [-0.05, 0) is 13.8 Å². The van der Waals surface area contributed by atoms with Crippen LogP contribution in [-0.2, 0) is 14.3 Å². The predicted octanol–water partition coefficient (Wildman–Crippen LogP) is 0.906. The normalized spacial score (nSPS) is 18.8. The Morgan fingerprint density at radius 3 is 2.79 bits per heavy atom. The second-order valence-electron chi connectivity index (χ2n) is 5.04. The first kappa shape index (κ1) is 15.7. The number of hydrogen-bond acceptors (Lipinski definition) is 3. The van der Waals surface area contributed by atoms with Crippen molar-refractivity contribution >= 4 is 11.8 Å². The van der Waals surface area contributed by atoms with Crippen LogP contribution in [0.2, 0.25) is 0 Å². The van der Waals surface area contributed by atoms with E-state index in [-0.39, 0.29) is 17.7 Å². The van der Waals surface area contributed by atoms with Crippen LogP contribution in [0.5, 0.6) is 0 Å². The Labute approximate surface area is 115 Å². The summed E-state index contributed by atoms with van der Waals surface area (Å²) in [6.45, 7) is 10.5. The third kappa shape index (κ3) is 4.35. The van der Waals surface area contributed by atoms with Gasteiger partial charge in [-0.25, -0.2) is 0 Å². The number of likely N-dealkylation sites (N-methyl/N-ethyl adjacent to an activating group) is 1. The van der Waals surface area contributed by atoms with Crippen molar-refractivity contribution in [3.8, 4) is 0 Å². The minimum atomic E-state index is -0.219. The third-order valence-corrected chi connectivity index (χ3v) is 3.28. The van der Waals surface area contributed by atoms with Gasteiger partial charge in [0.1, 0.15) is 0 Å². The maximum Gasteiger partial charge on any atom is 0.228 e. The highest BCUT2D eigenvalue weighted by molar-refractivity contribution is 5.89. The lowest BCUT2D eigenvalue weighted by Crippen LogP contribution is -2.38. The molecule has 0 aromatic carbocycles. The molecule has 1 aliphatic heterocycles. The van der Waals surface area contributed by atoms with Crippen molar-refractivity contribution in [1.82, 2.24) is 9.80 Å². The van der Waals surface area contributed by atoms with Crippen molar-refractivity contribution in [2.45, 2.75) is 20.3 Å². The highest BCUT2D eigenvalue weighted by Gasteiger charge is 2.35. The molecular formula is C14H24N2O3. The van der Waals surface area contributed by atoms with E-state index in [0.29, 0.717) is 39.2 Å². The standard InChI is InChI=1S/C14H24N2O3/c1-5-15(9-11(2)3)14(18)12-8-13(17)16(10-12)6-7-19-4/h12H,2,5-10H2,1,3-4H3. The number of amides is 2. The van der Waals surface area contributed by atoms with Crippen LogP contribution >= 0.6 is 0 Å². The Balaban J connectivity index is 2.58. The van der Waals surface area contributed by atoms with E-state index in [1.165, 1.54) is 0 Å². The minimum Gasteiger partial charge on any atom is -0.383 e. The molecule has 0 aromatic heterocycles. The fourth-order valence-electron chi connectivity index (χ4n) is 2.28. The second-order valence-corrected chi connectivity index (χ2v) is 5.04. The molecule has 1 aliphatic rings. The summed E-state index contributed by atoms with van der Waals surface area (Å²) >= 11 is 0. The van der Waals surface area contributed by atoms with E-state index in [1.807, 2.05) is 13.8 Å². The fraction of sp³-hybridized carbons (Fsp3) is 0.714. The fourth-order valence-corrected chi connectivity index (χ4v) is 2.28. The molecule has 0 aromatic rings. The summed E-state index contributed by atoms with van der Waals surface area (Å²) < 4.78 is 4.97. The van der Waals surface area contributed by atoms with Gasteiger partial charge in [-0.2, -0.15) is 0 Å². The summed E-state index contributed by atoms with van der Waals surface area (Å²) in [5.41, 5.74) is 0.954. The molecule has 2 amide bonds. The number of rotatable bonds is 7. The van der Waals surface area contributed by atoms with Gasteiger partial charge in [-0.3, -0.25) is 9.59 Å². The van der Waals surface area contributed by atoms with Crippen LogP contribution in [0, 0.1) is 5.92 Å². The van der Waals surface area contributed by atoms with Crippen molar-refractivity contribution in [2.75, 3.05) is 39.9 Å². The first-order chi connectivity index (χ1) is 8.99. The number of carbonyl (C=O) groups is 2. The average Bonchev–Trinajstić information content (AvgIpc) is 2.73. The Hall–Kier alpha value is -1.36. The third-order valence-electron chi connectivity index (χ3n) is 3.28. The lowest BCUT2D eigenvalue weighted by Gasteiger charge is -2.24. The maximum absolute atomic E-state index is 12.4. The molecule has 5 nitrogen and oxygen atoms in total. The number of hydrogen-bond donors (Lipinski definition) is 0. The number of likely N-dealkylation sites (tertiary alicyclic amines) is 1. The Kier molecular flexibility index (Phi) is 6.02. The van der Waals surface area contributed by atoms with Gasteiger partial charge in [-0.1, -0.05) is 12.2 Å². The molecule has 1 heterocycles. The van der Waals surface area contributed by atoms with E-state index in [1.54, 1.807) is 16.9 Å². The molecule has 1 atom stereocenters. The zero-order valence-electron chi connectivity index (χ0n) is 12.1. The van der Waals surface area contributed by atoms with Gasteiger partial charge < -0.3 is 14.5 Å². The lowest BCUT2D eigenvalue weighted by atomic mass is 10.1. The molecule has 5 heteroatoms. The van der Waals surface area contributed by atoms with E-state index in [0.717, 1.165) is 5.57 Å². The average molecular weight is 268 g/mol. The van der Waals surface area contributed by atoms with Crippen molar-refractivity contribution in [3.63, 3.8) is 0 Å². The topological polar surface area (TPSA) is 49.9 Å². The Bertz CT molecular complexity index is 355. The van der Waals surface area contributed by atoms with E-state index in [4.69, 9.17) is 4.74 Å². The van der Waals surface area contributed by atoms with Crippen LogP contribution in [0.3, 0.4) is 0 Å². The van der Waals surface area contributed by atoms with Crippen molar-refractivity contribution < 1.29 is 14.3 Å². The molecule has 0 spiro atoms. The Morgan fingerprint density at radius 1 is 1.58 bits per heavy atom. The van der Waals surface area contributed by atoms with Crippen LogP contribution in [0.15, 0.2) is 12.2 Å². The van der Waals surface area contributed by atoms with Gasteiger partial charge in [0.15, 0.2) is 0 Å². The first-order valence-corrected chi connectivity index (χ1v) is 6.69. The zero-order valence-corrected chi connectivity index (χ0v) is 12.1. The molecule has 0 radical (unpaired) electrons. The van der Waals surface area contributed by atoms with Crippen molar-refractivity contribution in [2.24, 2.45) is 5.92 Å². The van der Waals surface area contributed by atoms with Crippen molar-refractivity contribution in [3.05, 3.63) is 12.2 Å². The molecule has 108 valence electrons. The quantitative estimate of drug-likeness (QED) is 0.645. The molecule has 1 fully saturated rings. The molecule has 1 rings (SSSR count). The Morgan fingerprint density at radius 2 is 2.26 bits per heavy atom. The van der Waals surface area contributed by atoms with Crippen LogP contribution in [0.1, 0.15) is 20.3 Å². The lowest BCUT2D eigenvalue weighted by molar-refractivity contribution is -0.135. The molecule has 0 aliphatic carbocycles. The molecular weight excluding hydrogens is 244 g/mol. The zero-order chi connectivity index (χ0) is 14.4. The van der Waals surface area contributed by atoms with E-state index in [2.05, 4.69) is 6.58 Å². The minimum absolute atomic E-state index is 0.0433. The monoisotopic (exact) mass is 268 g/mol. The van der Waals surface area contributed by atoms with Crippen molar-refractivity contribution in [1.29, 1.82) is 0 Å². The van der Waals surface area contributed by atoms with Gasteiger partial charge in [0.25, 0.3) is 0 Å².